The molecular weight excluding hydrogens is 279 g/mol. The first kappa shape index (κ1) is 16.1. The maximum Gasteiger partial charge on any atom is 0.573 e. The number of benzene rings is 1. The van der Waals surface area contributed by atoms with Crippen LogP contribution in [0.2, 0.25) is 0 Å². The predicted octanol–water partition coefficient (Wildman–Crippen LogP) is 4.82. The van der Waals surface area contributed by atoms with Crippen LogP contribution in [0.25, 0.3) is 0 Å². The van der Waals surface area contributed by atoms with Crippen molar-refractivity contribution in [2.75, 3.05) is 6.54 Å². The van der Waals surface area contributed by atoms with E-state index in [-0.39, 0.29) is 17.2 Å². The van der Waals surface area contributed by atoms with E-state index in [1.807, 2.05) is 6.92 Å². The van der Waals surface area contributed by atoms with Crippen molar-refractivity contribution in [2.45, 2.75) is 51.9 Å². The van der Waals surface area contributed by atoms with Crippen LogP contribution in [0, 0.1) is 5.41 Å². The van der Waals surface area contributed by atoms with Gasteiger partial charge in [0.25, 0.3) is 0 Å². The molecule has 0 spiro atoms. The average Bonchev–Trinajstić information content (AvgIpc) is 2.83. The van der Waals surface area contributed by atoms with Crippen LogP contribution in [-0.4, -0.2) is 12.9 Å². The van der Waals surface area contributed by atoms with Crippen molar-refractivity contribution in [1.29, 1.82) is 0 Å². The van der Waals surface area contributed by atoms with E-state index in [0.29, 0.717) is 12.1 Å². The monoisotopic (exact) mass is 301 g/mol. The maximum absolute atomic E-state index is 12.6. The second-order valence-corrected chi connectivity index (χ2v) is 5.94. The Hall–Kier alpha value is -1.23. The third-order valence-corrected chi connectivity index (χ3v) is 4.31. The number of alkyl halides is 3. The Bertz CT molecular complexity index is 467. The van der Waals surface area contributed by atoms with E-state index in [0.717, 1.165) is 25.7 Å². The summed E-state index contributed by atoms with van der Waals surface area (Å²) in [5, 5.41) is 3.36. The summed E-state index contributed by atoms with van der Waals surface area (Å²) in [6.07, 6.45) is -0.374. The quantitative estimate of drug-likeness (QED) is 0.842. The highest BCUT2D eigenvalue weighted by Gasteiger charge is 2.40. The van der Waals surface area contributed by atoms with E-state index in [4.69, 9.17) is 0 Å². The molecule has 1 N–H and O–H groups in total. The second-order valence-electron chi connectivity index (χ2n) is 5.94. The lowest BCUT2D eigenvalue weighted by molar-refractivity contribution is -0.275. The molecule has 21 heavy (non-hydrogen) atoms. The summed E-state index contributed by atoms with van der Waals surface area (Å²) in [6.45, 7) is 4.83. The van der Waals surface area contributed by atoms with Gasteiger partial charge < -0.3 is 10.1 Å². The highest BCUT2D eigenvalue weighted by Crippen LogP contribution is 2.49. The van der Waals surface area contributed by atoms with Gasteiger partial charge in [0.05, 0.1) is 0 Å². The third-order valence-electron chi connectivity index (χ3n) is 4.31. The predicted molar refractivity (Wildman–Crippen MR) is 76.1 cm³/mol. The van der Waals surface area contributed by atoms with Gasteiger partial charge in [-0.2, -0.15) is 0 Å². The second kappa shape index (κ2) is 6.26. The summed E-state index contributed by atoms with van der Waals surface area (Å²) in [4.78, 5) is 0. The van der Waals surface area contributed by atoms with E-state index >= 15 is 0 Å². The molecule has 1 saturated carbocycles. The Morgan fingerprint density at radius 3 is 2.43 bits per heavy atom. The summed E-state index contributed by atoms with van der Waals surface area (Å²) >= 11 is 0. The average molecular weight is 301 g/mol. The molecule has 1 fully saturated rings. The lowest BCUT2D eigenvalue weighted by atomic mass is 9.77. The van der Waals surface area contributed by atoms with Gasteiger partial charge in [0.15, 0.2) is 0 Å². The van der Waals surface area contributed by atoms with E-state index in [9.17, 15) is 13.2 Å². The summed E-state index contributed by atoms with van der Waals surface area (Å²) < 4.78 is 42.0. The third kappa shape index (κ3) is 3.90. The molecule has 0 heterocycles. The summed E-state index contributed by atoms with van der Waals surface area (Å²) in [6, 6.07) is 6.35. The summed E-state index contributed by atoms with van der Waals surface area (Å²) in [5.74, 6) is -0.0934. The summed E-state index contributed by atoms with van der Waals surface area (Å²) in [5.41, 5.74) is 0.572. The molecule has 0 bridgehead atoms. The van der Waals surface area contributed by atoms with Crippen LogP contribution in [0.5, 0.6) is 5.75 Å². The van der Waals surface area contributed by atoms with Crippen molar-refractivity contribution >= 4 is 0 Å². The normalized spacial score (nSPS) is 19.5. The zero-order valence-electron chi connectivity index (χ0n) is 12.5. The van der Waals surface area contributed by atoms with E-state index < -0.39 is 6.36 Å². The van der Waals surface area contributed by atoms with Crippen LogP contribution in [0.4, 0.5) is 13.2 Å². The summed E-state index contributed by atoms with van der Waals surface area (Å²) in [7, 11) is 0. The van der Waals surface area contributed by atoms with E-state index in [1.165, 1.54) is 6.07 Å². The molecule has 2 nitrogen and oxygen atoms in total. The van der Waals surface area contributed by atoms with Crippen LogP contribution in [0.15, 0.2) is 24.3 Å². The van der Waals surface area contributed by atoms with Crippen molar-refractivity contribution in [3.05, 3.63) is 29.8 Å². The first-order valence-corrected chi connectivity index (χ1v) is 7.44. The van der Waals surface area contributed by atoms with Gasteiger partial charge >= 0.3 is 6.36 Å². The first-order chi connectivity index (χ1) is 9.86. The number of hydrogen-bond donors (Lipinski definition) is 1. The highest BCUT2D eigenvalue weighted by atomic mass is 19.4. The number of nitrogens with one attached hydrogen (secondary N) is 1. The molecule has 1 aliphatic carbocycles. The molecule has 0 saturated heterocycles. The number of ether oxygens (including phenoxy) is 1. The molecule has 1 aromatic rings. The lowest BCUT2D eigenvalue weighted by Gasteiger charge is -2.36. The number of para-hydroxylation sites is 1. The minimum absolute atomic E-state index is 0.0267. The lowest BCUT2D eigenvalue weighted by Crippen LogP contribution is -2.35. The van der Waals surface area contributed by atoms with Crippen molar-refractivity contribution in [1.82, 2.24) is 5.32 Å². The molecule has 0 radical (unpaired) electrons. The standard InChI is InChI=1S/C16H22F3NO/c1-3-20-14(15(2)10-6-7-11-15)12-8-4-5-9-13(12)21-16(17,18)19/h4-5,8-9,14,20H,3,6-7,10-11H2,1-2H3. The molecule has 0 aromatic heterocycles. The van der Waals surface area contributed by atoms with E-state index in [2.05, 4.69) is 17.0 Å². The molecule has 1 aliphatic rings. The zero-order valence-corrected chi connectivity index (χ0v) is 12.5. The molecule has 0 amide bonds. The smallest absolute Gasteiger partial charge is 0.405 e. The number of rotatable bonds is 5. The molecule has 5 heteroatoms. The van der Waals surface area contributed by atoms with Crippen molar-refractivity contribution in [3.8, 4) is 5.75 Å². The fourth-order valence-electron chi connectivity index (χ4n) is 3.34. The Morgan fingerprint density at radius 1 is 1.24 bits per heavy atom. The van der Waals surface area contributed by atoms with Gasteiger partial charge in [0.2, 0.25) is 0 Å². The Kier molecular flexibility index (Phi) is 4.81. The molecular formula is C16H22F3NO. The van der Waals surface area contributed by atoms with E-state index in [1.54, 1.807) is 18.2 Å². The molecule has 2 rings (SSSR count). The molecule has 1 atom stereocenters. The van der Waals surface area contributed by atoms with Crippen molar-refractivity contribution in [3.63, 3.8) is 0 Å². The Labute approximate surface area is 123 Å². The molecule has 0 aliphatic heterocycles. The van der Waals surface area contributed by atoms with Gasteiger partial charge in [0, 0.05) is 11.6 Å². The van der Waals surface area contributed by atoms with Crippen LogP contribution >= 0.6 is 0 Å². The Balaban J connectivity index is 2.36. The molecule has 1 unspecified atom stereocenters. The fourth-order valence-corrected chi connectivity index (χ4v) is 3.34. The fraction of sp³-hybridized carbons (Fsp3) is 0.625. The SMILES string of the molecule is CCNC(c1ccccc1OC(F)(F)F)C1(C)CCCC1. The van der Waals surface area contributed by atoms with Crippen LogP contribution in [0.1, 0.15) is 51.1 Å². The van der Waals surface area contributed by atoms with Crippen molar-refractivity contribution < 1.29 is 17.9 Å². The van der Waals surface area contributed by atoms with Gasteiger partial charge in [-0.1, -0.05) is 44.9 Å². The molecule has 1 aromatic carbocycles. The zero-order chi connectivity index (χ0) is 15.5. The van der Waals surface area contributed by atoms with Crippen LogP contribution < -0.4 is 10.1 Å². The van der Waals surface area contributed by atoms with Crippen molar-refractivity contribution in [2.24, 2.45) is 5.41 Å². The first-order valence-electron chi connectivity index (χ1n) is 7.44. The maximum atomic E-state index is 12.6. The van der Waals surface area contributed by atoms with Gasteiger partial charge in [-0.15, -0.1) is 13.2 Å². The van der Waals surface area contributed by atoms with Gasteiger partial charge in [-0.25, -0.2) is 0 Å². The topological polar surface area (TPSA) is 21.3 Å². The molecule has 118 valence electrons. The number of halogens is 3. The van der Waals surface area contributed by atoms with Gasteiger partial charge in [0.1, 0.15) is 5.75 Å². The largest absolute Gasteiger partial charge is 0.573 e. The van der Waals surface area contributed by atoms with Crippen LogP contribution in [0.3, 0.4) is 0 Å². The van der Waals surface area contributed by atoms with Gasteiger partial charge in [-0.3, -0.25) is 0 Å². The highest BCUT2D eigenvalue weighted by molar-refractivity contribution is 5.37. The minimum atomic E-state index is -4.66. The number of hydrogen-bond acceptors (Lipinski definition) is 2. The van der Waals surface area contributed by atoms with Crippen LogP contribution in [-0.2, 0) is 0 Å². The van der Waals surface area contributed by atoms with Gasteiger partial charge in [-0.05, 0) is 30.9 Å². The Morgan fingerprint density at radius 2 is 1.86 bits per heavy atom. The minimum Gasteiger partial charge on any atom is -0.405 e.